The van der Waals surface area contributed by atoms with Crippen molar-refractivity contribution in [1.82, 2.24) is 14.9 Å². The van der Waals surface area contributed by atoms with E-state index >= 15 is 0 Å². The summed E-state index contributed by atoms with van der Waals surface area (Å²) in [5.74, 6) is 0.757. The summed E-state index contributed by atoms with van der Waals surface area (Å²) < 4.78 is 18.3. The van der Waals surface area contributed by atoms with Gasteiger partial charge in [0.25, 0.3) is 5.88 Å². The minimum atomic E-state index is -0.548. The molecule has 0 aromatic carbocycles. The summed E-state index contributed by atoms with van der Waals surface area (Å²) in [4.78, 5) is 23.9. The first-order valence-corrected chi connectivity index (χ1v) is 7.76. The Bertz CT molecular complexity index is 546. The fourth-order valence-corrected chi connectivity index (χ4v) is 3.16. The molecule has 22 heavy (non-hydrogen) atoms. The molecule has 0 radical (unpaired) electrons. The number of hydrogen-bond donors (Lipinski definition) is 0. The Hall–Kier alpha value is -1.92. The molecule has 1 amide bonds. The number of halogens is 1. The average Bonchev–Trinajstić information content (AvgIpc) is 2.94. The maximum absolute atomic E-state index is 13.4. The molecule has 120 valence electrons. The van der Waals surface area contributed by atoms with E-state index in [9.17, 15) is 9.18 Å². The van der Waals surface area contributed by atoms with E-state index in [1.807, 2.05) is 9.80 Å². The SMILES string of the molecule is COc1nc(N2CCC(CN3CCCC3=O)CC2)ncc1F. The van der Waals surface area contributed by atoms with Gasteiger partial charge in [-0.05, 0) is 25.2 Å². The van der Waals surface area contributed by atoms with Crippen LogP contribution in [0.3, 0.4) is 0 Å². The van der Waals surface area contributed by atoms with Crippen LogP contribution in [0.1, 0.15) is 25.7 Å². The van der Waals surface area contributed by atoms with Crippen molar-refractivity contribution in [2.45, 2.75) is 25.7 Å². The van der Waals surface area contributed by atoms with Gasteiger partial charge in [-0.1, -0.05) is 0 Å². The van der Waals surface area contributed by atoms with Gasteiger partial charge in [0.15, 0.2) is 0 Å². The zero-order chi connectivity index (χ0) is 15.5. The van der Waals surface area contributed by atoms with Crippen molar-refractivity contribution >= 4 is 11.9 Å². The molecule has 2 saturated heterocycles. The number of nitrogens with zero attached hydrogens (tertiary/aromatic N) is 4. The van der Waals surface area contributed by atoms with Crippen LogP contribution in [0.15, 0.2) is 6.20 Å². The van der Waals surface area contributed by atoms with E-state index in [0.717, 1.165) is 51.6 Å². The van der Waals surface area contributed by atoms with Crippen LogP contribution in [0.25, 0.3) is 0 Å². The van der Waals surface area contributed by atoms with Crippen LogP contribution in [0.4, 0.5) is 10.3 Å². The van der Waals surface area contributed by atoms with E-state index in [0.29, 0.717) is 18.3 Å². The van der Waals surface area contributed by atoms with E-state index in [2.05, 4.69) is 9.97 Å². The fourth-order valence-electron chi connectivity index (χ4n) is 3.16. The number of ether oxygens (including phenoxy) is 1. The highest BCUT2D eigenvalue weighted by Crippen LogP contribution is 2.24. The number of anilines is 1. The molecule has 0 unspecified atom stereocenters. The third-order valence-corrected chi connectivity index (χ3v) is 4.44. The van der Waals surface area contributed by atoms with Crippen LogP contribution in [0.2, 0.25) is 0 Å². The number of aromatic nitrogens is 2. The summed E-state index contributed by atoms with van der Waals surface area (Å²) in [5, 5.41) is 0. The highest BCUT2D eigenvalue weighted by Gasteiger charge is 2.27. The molecule has 6 nitrogen and oxygen atoms in total. The Kier molecular flexibility index (Phi) is 4.40. The van der Waals surface area contributed by atoms with Crippen LogP contribution in [0.5, 0.6) is 5.88 Å². The van der Waals surface area contributed by atoms with Gasteiger partial charge in [0, 0.05) is 32.6 Å². The maximum atomic E-state index is 13.4. The average molecular weight is 308 g/mol. The Morgan fingerprint density at radius 2 is 2.14 bits per heavy atom. The number of amides is 1. The minimum absolute atomic E-state index is 0.0187. The number of carbonyl (C=O) groups excluding carboxylic acids is 1. The second-order valence-corrected chi connectivity index (χ2v) is 5.90. The second kappa shape index (κ2) is 6.46. The highest BCUT2D eigenvalue weighted by atomic mass is 19.1. The number of likely N-dealkylation sites (tertiary alicyclic amines) is 1. The van der Waals surface area contributed by atoms with E-state index in [4.69, 9.17) is 4.74 Å². The molecule has 1 aromatic rings. The van der Waals surface area contributed by atoms with E-state index < -0.39 is 5.82 Å². The van der Waals surface area contributed by atoms with Gasteiger partial charge in [0.1, 0.15) is 0 Å². The molecule has 0 spiro atoms. The summed E-state index contributed by atoms with van der Waals surface area (Å²) in [5.41, 5.74) is 0. The fraction of sp³-hybridized carbons (Fsp3) is 0.667. The molecule has 0 bridgehead atoms. The van der Waals surface area contributed by atoms with Crippen molar-refractivity contribution in [3.05, 3.63) is 12.0 Å². The smallest absolute Gasteiger partial charge is 0.255 e. The molecule has 0 N–H and O–H groups in total. The zero-order valence-electron chi connectivity index (χ0n) is 12.8. The van der Waals surface area contributed by atoms with Crippen molar-refractivity contribution in [3.63, 3.8) is 0 Å². The van der Waals surface area contributed by atoms with Crippen molar-refractivity contribution in [2.24, 2.45) is 5.92 Å². The van der Waals surface area contributed by atoms with Crippen molar-refractivity contribution < 1.29 is 13.9 Å². The Morgan fingerprint density at radius 3 is 2.77 bits per heavy atom. The monoisotopic (exact) mass is 308 g/mol. The number of piperidine rings is 1. The molecular formula is C15H21FN4O2. The van der Waals surface area contributed by atoms with Crippen LogP contribution in [-0.2, 0) is 4.79 Å². The molecule has 3 rings (SSSR count). The number of carbonyl (C=O) groups is 1. The molecule has 2 aliphatic rings. The standard InChI is InChI=1S/C15H21FN4O2/c1-22-14-12(16)9-17-15(18-14)19-7-4-11(5-8-19)10-20-6-2-3-13(20)21/h9,11H,2-8,10H2,1H3. The van der Waals surface area contributed by atoms with Crippen molar-refractivity contribution in [2.75, 3.05) is 38.2 Å². The predicted molar refractivity (Wildman–Crippen MR) is 79.3 cm³/mol. The first kappa shape index (κ1) is 15.0. The van der Waals surface area contributed by atoms with E-state index in [1.54, 1.807) is 0 Å². The quantitative estimate of drug-likeness (QED) is 0.843. The molecule has 0 atom stereocenters. The van der Waals surface area contributed by atoms with Gasteiger partial charge in [0.05, 0.1) is 13.3 Å². The summed E-state index contributed by atoms with van der Waals surface area (Å²) >= 11 is 0. The molecule has 2 fully saturated rings. The molecule has 2 aliphatic heterocycles. The van der Waals surface area contributed by atoms with E-state index in [-0.39, 0.29) is 11.8 Å². The molecule has 7 heteroatoms. The normalized spacial score (nSPS) is 19.8. The van der Waals surface area contributed by atoms with Gasteiger partial charge in [-0.2, -0.15) is 9.37 Å². The number of hydrogen-bond acceptors (Lipinski definition) is 5. The first-order valence-electron chi connectivity index (χ1n) is 7.76. The molecule has 0 saturated carbocycles. The first-order chi connectivity index (χ1) is 10.7. The molecule has 0 aliphatic carbocycles. The van der Waals surface area contributed by atoms with Crippen LogP contribution < -0.4 is 9.64 Å². The predicted octanol–water partition coefficient (Wildman–Crippen LogP) is 1.46. The maximum Gasteiger partial charge on any atom is 0.255 e. The second-order valence-electron chi connectivity index (χ2n) is 5.90. The van der Waals surface area contributed by atoms with E-state index in [1.165, 1.54) is 7.11 Å². The molecule has 1 aromatic heterocycles. The Labute approximate surface area is 129 Å². The lowest BCUT2D eigenvalue weighted by molar-refractivity contribution is -0.128. The van der Waals surface area contributed by atoms with Gasteiger partial charge in [-0.25, -0.2) is 4.98 Å². The lowest BCUT2D eigenvalue weighted by Crippen LogP contribution is -2.39. The van der Waals surface area contributed by atoms with Gasteiger partial charge in [-0.3, -0.25) is 4.79 Å². The zero-order valence-corrected chi connectivity index (χ0v) is 12.8. The molecule has 3 heterocycles. The highest BCUT2D eigenvalue weighted by molar-refractivity contribution is 5.78. The Morgan fingerprint density at radius 1 is 1.36 bits per heavy atom. The minimum Gasteiger partial charge on any atom is -0.479 e. The van der Waals surface area contributed by atoms with Crippen molar-refractivity contribution in [3.8, 4) is 5.88 Å². The van der Waals surface area contributed by atoms with Crippen LogP contribution >= 0.6 is 0 Å². The van der Waals surface area contributed by atoms with Crippen LogP contribution in [-0.4, -0.2) is 54.1 Å². The number of rotatable bonds is 4. The lowest BCUT2D eigenvalue weighted by Gasteiger charge is -2.33. The van der Waals surface area contributed by atoms with Gasteiger partial charge < -0.3 is 14.5 Å². The summed E-state index contributed by atoms with van der Waals surface area (Å²) in [7, 11) is 1.40. The third kappa shape index (κ3) is 3.13. The third-order valence-electron chi connectivity index (χ3n) is 4.44. The number of methoxy groups -OCH3 is 1. The molecular weight excluding hydrogens is 287 g/mol. The summed E-state index contributed by atoms with van der Waals surface area (Å²) in [6.45, 7) is 3.40. The Balaban J connectivity index is 1.56. The lowest BCUT2D eigenvalue weighted by atomic mass is 9.96. The van der Waals surface area contributed by atoms with Crippen LogP contribution in [0, 0.1) is 11.7 Å². The summed E-state index contributed by atoms with van der Waals surface area (Å²) in [6.07, 6.45) is 4.82. The topological polar surface area (TPSA) is 58.6 Å². The van der Waals surface area contributed by atoms with Gasteiger partial charge >= 0.3 is 0 Å². The summed E-state index contributed by atoms with van der Waals surface area (Å²) in [6, 6.07) is 0. The van der Waals surface area contributed by atoms with Gasteiger partial charge in [-0.15, -0.1) is 0 Å². The van der Waals surface area contributed by atoms with Crippen molar-refractivity contribution in [1.29, 1.82) is 0 Å². The largest absolute Gasteiger partial charge is 0.479 e. The van der Waals surface area contributed by atoms with Gasteiger partial charge in [0.2, 0.25) is 17.7 Å².